The van der Waals surface area contributed by atoms with E-state index < -0.39 is 79.7 Å². The summed E-state index contributed by atoms with van der Waals surface area (Å²) in [6.45, 7) is 0.453. The number of hydrogen-bond donors (Lipinski definition) is 0. The van der Waals surface area contributed by atoms with E-state index >= 15 is 0 Å². The molecule has 5 rings (SSSR count). The molecule has 5 atom stereocenters. The predicted octanol–water partition coefficient (Wildman–Crippen LogP) is 6.61. The van der Waals surface area contributed by atoms with Gasteiger partial charge in [-0.3, -0.25) is 4.79 Å². The second kappa shape index (κ2) is 18.6. The van der Waals surface area contributed by atoms with Crippen molar-refractivity contribution in [3.05, 3.63) is 138 Å². The number of halogens is 3. The SMILES string of the molecule is CC(=O)CCC(=O)O[C@H](COC(=O)c1ccccc1)[C@@H]1O[C@@H](O/C(=N/c2ccccc2)C(F)(F)F)C(OC(=O)c2ccccc2)C1OC(=O)c1ccccc1. The van der Waals surface area contributed by atoms with Crippen molar-refractivity contribution in [1.29, 1.82) is 0 Å². The van der Waals surface area contributed by atoms with Crippen LogP contribution >= 0.6 is 0 Å². The van der Waals surface area contributed by atoms with Crippen LogP contribution < -0.4 is 0 Å². The summed E-state index contributed by atoms with van der Waals surface area (Å²) in [5.74, 6) is -6.13. The van der Waals surface area contributed by atoms with E-state index in [1.165, 1.54) is 91.9 Å². The summed E-state index contributed by atoms with van der Waals surface area (Å²) in [6, 6.07) is 29.5. The fourth-order valence-corrected chi connectivity index (χ4v) is 5.24. The largest absolute Gasteiger partial charge is 0.468 e. The van der Waals surface area contributed by atoms with Gasteiger partial charge < -0.3 is 33.2 Å². The van der Waals surface area contributed by atoms with E-state index in [0.29, 0.717) is 0 Å². The molecule has 4 aromatic carbocycles. The van der Waals surface area contributed by atoms with E-state index in [9.17, 15) is 37.1 Å². The molecule has 1 heterocycles. The van der Waals surface area contributed by atoms with E-state index in [2.05, 4.69) is 4.99 Å². The minimum Gasteiger partial charge on any atom is -0.458 e. The van der Waals surface area contributed by atoms with Gasteiger partial charge >= 0.3 is 30.1 Å². The van der Waals surface area contributed by atoms with Gasteiger partial charge in [0.05, 0.1) is 28.8 Å². The lowest BCUT2D eigenvalue weighted by Crippen LogP contribution is -2.47. The van der Waals surface area contributed by atoms with Crippen molar-refractivity contribution in [3.8, 4) is 0 Å². The molecule has 1 fully saturated rings. The van der Waals surface area contributed by atoms with Crippen LogP contribution in [0.5, 0.6) is 0 Å². The van der Waals surface area contributed by atoms with Crippen LogP contribution in [0.25, 0.3) is 0 Å². The zero-order valence-corrected chi connectivity index (χ0v) is 29.1. The van der Waals surface area contributed by atoms with Gasteiger partial charge in [-0.1, -0.05) is 72.8 Å². The molecule has 0 spiro atoms. The highest BCUT2D eigenvalue weighted by Gasteiger charge is 2.57. The van der Waals surface area contributed by atoms with E-state index in [4.69, 9.17) is 28.4 Å². The first kappa shape index (κ1) is 39.8. The molecule has 4 aromatic rings. The number of carbonyl (C=O) groups excluding carboxylic acids is 5. The third kappa shape index (κ3) is 11.3. The molecule has 0 aromatic heterocycles. The molecule has 1 aliphatic rings. The van der Waals surface area contributed by atoms with E-state index in [0.717, 1.165) is 0 Å². The molecule has 15 heteroatoms. The number of alkyl halides is 3. The van der Waals surface area contributed by atoms with E-state index in [-0.39, 0.29) is 34.6 Å². The molecular formula is C40H34F3NO11. The van der Waals surface area contributed by atoms with Crippen molar-refractivity contribution in [2.24, 2.45) is 4.99 Å². The monoisotopic (exact) mass is 761 g/mol. The van der Waals surface area contributed by atoms with Gasteiger partial charge in [0, 0.05) is 6.42 Å². The Hall–Kier alpha value is -6.35. The number of para-hydroxylation sites is 1. The Balaban J connectivity index is 1.58. The van der Waals surface area contributed by atoms with Gasteiger partial charge in [-0.15, -0.1) is 0 Å². The number of ketones is 1. The molecule has 1 aliphatic heterocycles. The first-order valence-corrected chi connectivity index (χ1v) is 16.8. The molecular weight excluding hydrogens is 727 g/mol. The van der Waals surface area contributed by atoms with Gasteiger partial charge in [0.15, 0.2) is 12.2 Å². The maximum atomic E-state index is 14.5. The highest BCUT2D eigenvalue weighted by molar-refractivity contribution is 5.91. The standard InChI is InChI=1S/C40H34F3NO11/c1-25(45)22-23-31(46)51-30(24-50-35(47)26-14-6-2-7-15-26)32-33(52-36(48)27-16-8-3-9-17-27)34(53-37(49)28-18-10-4-11-19-28)38(54-32)55-39(40(41,42)43)44-29-20-12-5-13-21-29/h2-21,30,32-34,38H,22-24H2,1H3/b44-39+/t30-,32+,33?,34?,38+/m1/s1. The minimum atomic E-state index is -5.23. The third-order valence-electron chi connectivity index (χ3n) is 7.89. The van der Waals surface area contributed by atoms with Crippen molar-refractivity contribution in [2.75, 3.05) is 6.61 Å². The number of esters is 4. The number of rotatable bonds is 14. The Morgan fingerprint density at radius 2 is 1.13 bits per heavy atom. The highest BCUT2D eigenvalue weighted by atomic mass is 19.4. The van der Waals surface area contributed by atoms with Gasteiger partial charge in [0.25, 0.3) is 5.90 Å². The number of benzene rings is 4. The summed E-state index contributed by atoms with van der Waals surface area (Å²) in [5.41, 5.74) is -0.0903. The quantitative estimate of drug-likeness (QED) is 0.0591. The number of carbonyl (C=O) groups is 5. The van der Waals surface area contributed by atoms with Crippen molar-refractivity contribution in [2.45, 2.75) is 56.6 Å². The fourth-order valence-electron chi connectivity index (χ4n) is 5.24. The molecule has 0 bridgehead atoms. The summed E-state index contributed by atoms with van der Waals surface area (Å²) in [5, 5.41) is 0. The molecule has 0 radical (unpaired) electrons. The number of hydrogen-bond acceptors (Lipinski definition) is 12. The molecule has 55 heavy (non-hydrogen) atoms. The molecule has 12 nitrogen and oxygen atoms in total. The molecule has 2 unspecified atom stereocenters. The molecule has 0 aliphatic carbocycles. The first-order valence-electron chi connectivity index (χ1n) is 16.8. The lowest BCUT2D eigenvalue weighted by molar-refractivity contribution is -0.180. The second-order valence-electron chi connectivity index (χ2n) is 12.0. The molecule has 0 N–H and O–H groups in total. The Morgan fingerprint density at radius 3 is 1.62 bits per heavy atom. The number of ether oxygens (including phenoxy) is 6. The van der Waals surface area contributed by atoms with Gasteiger partial charge in [-0.05, 0) is 55.5 Å². The molecule has 0 amide bonds. The zero-order chi connectivity index (χ0) is 39.4. The molecule has 286 valence electrons. The lowest BCUT2D eigenvalue weighted by atomic mass is 10.0. The van der Waals surface area contributed by atoms with Crippen LogP contribution in [0, 0.1) is 0 Å². The van der Waals surface area contributed by atoms with Crippen LogP contribution in [0.2, 0.25) is 0 Å². The van der Waals surface area contributed by atoms with Gasteiger partial charge in [-0.2, -0.15) is 13.2 Å². The smallest absolute Gasteiger partial charge is 0.458 e. The number of nitrogens with zero attached hydrogens (tertiary/aromatic N) is 1. The normalized spacial score (nSPS) is 18.7. The number of aliphatic imine (C=N–C) groups is 1. The molecule has 1 saturated heterocycles. The summed E-state index contributed by atoms with van der Waals surface area (Å²) >= 11 is 0. The number of Topliss-reactive ketones (excluding diaryl/α,β-unsaturated/α-hetero) is 1. The Labute approximate surface area is 312 Å². The van der Waals surface area contributed by atoms with E-state index in [1.54, 1.807) is 36.4 Å². The average Bonchev–Trinajstić information content (AvgIpc) is 3.51. The van der Waals surface area contributed by atoms with Crippen molar-refractivity contribution < 1.29 is 65.6 Å². The molecule has 0 saturated carbocycles. The predicted molar refractivity (Wildman–Crippen MR) is 187 cm³/mol. The van der Waals surface area contributed by atoms with Gasteiger partial charge in [-0.25, -0.2) is 19.4 Å². The van der Waals surface area contributed by atoms with Crippen LogP contribution in [-0.4, -0.2) is 79.0 Å². The first-order chi connectivity index (χ1) is 26.4. The lowest BCUT2D eigenvalue weighted by Gasteiger charge is -2.28. The van der Waals surface area contributed by atoms with Crippen LogP contribution in [0.15, 0.2) is 126 Å². The maximum Gasteiger partial charge on any atom is 0.468 e. The van der Waals surface area contributed by atoms with Crippen LogP contribution in [0.4, 0.5) is 18.9 Å². The second-order valence-corrected chi connectivity index (χ2v) is 12.0. The summed E-state index contributed by atoms with van der Waals surface area (Å²) in [6.07, 6.45) is -15.5. The highest BCUT2D eigenvalue weighted by Crippen LogP contribution is 2.35. The van der Waals surface area contributed by atoms with E-state index in [1.807, 2.05) is 0 Å². The van der Waals surface area contributed by atoms with Crippen molar-refractivity contribution in [1.82, 2.24) is 0 Å². The van der Waals surface area contributed by atoms with Crippen molar-refractivity contribution in [3.63, 3.8) is 0 Å². The maximum absolute atomic E-state index is 14.5. The summed E-state index contributed by atoms with van der Waals surface area (Å²) in [7, 11) is 0. The Kier molecular flexibility index (Phi) is 13.5. The van der Waals surface area contributed by atoms with Gasteiger partial charge in [0.1, 0.15) is 18.5 Å². The topological polar surface area (TPSA) is 153 Å². The minimum absolute atomic E-state index is 0.00844. The third-order valence-corrected chi connectivity index (χ3v) is 7.89. The van der Waals surface area contributed by atoms with Gasteiger partial charge in [0.2, 0.25) is 12.4 Å². The Bertz CT molecular complexity index is 1960. The summed E-state index contributed by atoms with van der Waals surface area (Å²) in [4.78, 5) is 68.4. The van der Waals surface area contributed by atoms with Crippen molar-refractivity contribution >= 4 is 41.2 Å². The summed E-state index contributed by atoms with van der Waals surface area (Å²) < 4.78 is 77.5. The average molecular weight is 762 g/mol. The fraction of sp³-hybridized carbons (Fsp3) is 0.250. The Morgan fingerprint density at radius 1 is 0.655 bits per heavy atom. The zero-order valence-electron chi connectivity index (χ0n) is 29.1. The van der Waals surface area contributed by atoms with Crippen LogP contribution in [-0.2, 0) is 38.0 Å². The van der Waals surface area contributed by atoms with Crippen LogP contribution in [0.1, 0.15) is 50.8 Å². The van der Waals surface area contributed by atoms with Crippen LogP contribution in [0.3, 0.4) is 0 Å².